The molecule has 1 aromatic carbocycles. The minimum Gasteiger partial charge on any atom is -0.508 e. The summed E-state index contributed by atoms with van der Waals surface area (Å²) in [6.45, 7) is 8.29. The molecule has 2 aliphatic heterocycles. The normalized spacial score (nSPS) is 19.1. The Morgan fingerprint density at radius 1 is 1.23 bits per heavy atom. The number of phenols is 1. The number of nitrogens with one attached hydrogen (secondary N) is 2. The highest BCUT2D eigenvalue weighted by Gasteiger charge is 2.34. The molecule has 4 rings (SSSR count). The largest absolute Gasteiger partial charge is 0.613 e. The molecule has 40 heavy (non-hydrogen) atoms. The second kappa shape index (κ2) is 15.7. The van der Waals surface area contributed by atoms with Crippen LogP contribution in [0.25, 0.3) is 0 Å². The minimum atomic E-state index is -2.20. The van der Waals surface area contributed by atoms with Gasteiger partial charge in [-0.2, -0.15) is 0 Å². The second-order valence-corrected chi connectivity index (χ2v) is 10.9. The third-order valence-electron chi connectivity index (χ3n) is 5.23. The highest BCUT2D eigenvalue weighted by atomic mass is 31.1. The fourth-order valence-electron chi connectivity index (χ4n) is 3.56. The van der Waals surface area contributed by atoms with Gasteiger partial charge in [0.1, 0.15) is 36.6 Å². The first-order chi connectivity index (χ1) is 18.7. The van der Waals surface area contributed by atoms with Crippen LogP contribution in [0.3, 0.4) is 0 Å². The number of benzene rings is 1. The van der Waals surface area contributed by atoms with Crippen molar-refractivity contribution >= 4 is 20.0 Å². The van der Waals surface area contributed by atoms with Gasteiger partial charge in [-0.1, -0.05) is 23.3 Å². The average Bonchev–Trinajstić information content (AvgIpc) is 3.50. The zero-order valence-electron chi connectivity index (χ0n) is 23.5. The van der Waals surface area contributed by atoms with Gasteiger partial charge in [0, 0.05) is 0 Å². The smallest absolute Gasteiger partial charge is 0.508 e. The Labute approximate surface area is 235 Å². The van der Waals surface area contributed by atoms with Crippen LogP contribution < -0.4 is 16.2 Å². The first-order valence-corrected chi connectivity index (χ1v) is 14.1. The molecule has 13 nitrogen and oxygen atoms in total. The number of aromatic nitrogens is 1. The lowest BCUT2D eigenvalue weighted by Crippen LogP contribution is -2.33. The summed E-state index contributed by atoms with van der Waals surface area (Å²) in [7, 11) is -2.20. The van der Waals surface area contributed by atoms with Gasteiger partial charge < -0.3 is 36.0 Å². The standard InChI is InChI=1S/C17H27N5O5P.C6H6O.C3H8O2/c1-10(2)26-17(23)11(3)21-28(24)25-8-12-4-7-15(27-12)13-5-6-14-16(18)19-9-20-22(13)14;7-6-4-2-1-3-5-6;1-3(2,4)5/h5-6,10-12,15,20H,4,7-9H2,1-3H3,(H2,18,19)(H,21,24);1-5,7H;4-5H,1-2H3/q+1;;/t11-,12?,15?;;/m1../s1. The fraction of sp³-hybridized carbons (Fsp3) is 0.538. The van der Waals surface area contributed by atoms with Gasteiger partial charge >= 0.3 is 14.1 Å². The number of hydrogen-bond donors (Lipinski definition) is 6. The molecule has 3 heterocycles. The number of esters is 1. The number of rotatable bonds is 8. The van der Waals surface area contributed by atoms with Crippen molar-refractivity contribution in [2.45, 2.75) is 77.6 Å². The number of phenolic OH excluding ortho intramolecular Hbond substituents is 1. The lowest BCUT2D eigenvalue weighted by molar-refractivity contribution is -0.149. The molecule has 0 bridgehead atoms. The van der Waals surface area contributed by atoms with Crippen molar-refractivity contribution in [1.82, 2.24) is 9.76 Å². The van der Waals surface area contributed by atoms with Crippen LogP contribution in [0, 0.1) is 0 Å². The molecule has 0 aliphatic carbocycles. The van der Waals surface area contributed by atoms with Crippen LogP contribution in [0.2, 0.25) is 0 Å². The maximum Gasteiger partial charge on any atom is 0.613 e. The van der Waals surface area contributed by atoms with Crippen molar-refractivity contribution in [3.05, 3.63) is 53.9 Å². The number of para-hydroxylation sites is 1. The third kappa shape index (κ3) is 12.0. The first kappa shape index (κ1) is 33.1. The van der Waals surface area contributed by atoms with E-state index in [1.807, 2.05) is 22.9 Å². The van der Waals surface area contributed by atoms with Crippen molar-refractivity contribution in [2.24, 2.45) is 10.7 Å². The summed E-state index contributed by atoms with van der Waals surface area (Å²) in [6.07, 6.45) is 1.09. The van der Waals surface area contributed by atoms with Gasteiger partial charge in [-0.05, 0) is 76.3 Å². The van der Waals surface area contributed by atoms with E-state index in [9.17, 15) is 9.36 Å². The Balaban J connectivity index is 0.000000386. The van der Waals surface area contributed by atoms with Crippen LogP contribution in [-0.2, 0) is 23.4 Å². The molecule has 14 heteroatoms. The number of nitrogens with two attached hydrogens (primary N) is 1. The van der Waals surface area contributed by atoms with E-state index in [1.165, 1.54) is 13.8 Å². The van der Waals surface area contributed by atoms with E-state index < -0.39 is 26.0 Å². The molecule has 0 saturated carbocycles. The van der Waals surface area contributed by atoms with E-state index in [1.54, 1.807) is 45.0 Å². The molecule has 222 valence electrons. The molecule has 1 aromatic heterocycles. The van der Waals surface area contributed by atoms with E-state index in [0.717, 1.165) is 24.2 Å². The van der Waals surface area contributed by atoms with Gasteiger partial charge in [-0.3, -0.25) is 9.47 Å². The molecule has 3 unspecified atom stereocenters. The van der Waals surface area contributed by atoms with E-state index in [0.29, 0.717) is 18.3 Å². The van der Waals surface area contributed by atoms with Crippen LogP contribution >= 0.6 is 8.18 Å². The number of carbonyl (C=O) groups is 1. The van der Waals surface area contributed by atoms with Crippen LogP contribution in [0.5, 0.6) is 5.75 Å². The monoisotopic (exact) mass is 582 g/mol. The van der Waals surface area contributed by atoms with E-state index in [4.69, 9.17) is 35.1 Å². The predicted molar refractivity (Wildman–Crippen MR) is 150 cm³/mol. The van der Waals surface area contributed by atoms with E-state index in [2.05, 4.69) is 15.5 Å². The van der Waals surface area contributed by atoms with Crippen molar-refractivity contribution in [3.63, 3.8) is 0 Å². The van der Waals surface area contributed by atoms with Gasteiger partial charge in [0.25, 0.3) is 0 Å². The summed E-state index contributed by atoms with van der Waals surface area (Å²) in [4.78, 5) is 15.9. The number of ether oxygens (including phenoxy) is 2. The van der Waals surface area contributed by atoms with Gasteiger partial charge in [0.2, 0.25) is 0 Å². The van der Waals surface area contributed by atoms with Crippen LogP contribution in [-0.4, -0.2) is 69.1 Å². The Bertz CT molecular complexity index is 1110. The van der Waals surface area contributed by atoms with Crippen molar-refractivity contribution in [2.75, 3.05) is 18.7 Å². The van der Waals surface area contributed by atoms with Crippen LogP contribution in [0.4, 0.5) is 0 Å². The summed E-state index contributed by atoms with van der Waals surface area (Å²) in [5, 5.41) is 27.4. The molecule has 4 atom stereocenters. The second-order valence-electron chi connectivity index (χ2n) is 9.88. The molecule has 0 amide bonds. The Hall–Kier alpha value is -3.06. The van der Waals surface area contributed by atoms with E-state index >= 15 is 0 Å². The zero-order chi connectivity index (χ0) is 29.9. The summed E-state index contributed by atoms with van der Waals surface area (Å²) >= 11 is 0. The average molecular weight is 583 g/mol. The third-order valence-corrected chi connectivity index (χ3v) is 6.21. The van der Waals surface area contributed by atoms with E-state index in [-0.39, 0.29) is 24.9 Å². The number of hydrogen-bond acceptors (Lipinski definition) is 11. The molecule has 2 aromatic rings. The molecule has 1 saturated heterocycles. The maximum atomic E-state index is 12.0. The summed E-state index contributed by atoms with van der Waals surface area (Å²) < 4.78 is 30.4. The molecule has 1 fully saturated rings. The SMILES string of the molecule is CC(C)(O)O.CC(C)OC(=O)[C@@H](C)N[P+](=O)OCC1CCC(c2ccc3n2NCN=C3N)O1.Oc1ccccc1. The van der Waals surface area contributed by atoms with Gasteiger partial charge in [0.05, 0.1) is 24.0 Å². The van der Waals surface area contributed by atoms with Crippen molar-refractivity contribution in [3.8, 4) is 5.75 Å². The first-order valence-electron chi connectivity index (χ1n) is 12.9. The predicted octanol–water partition coefficient (Wildman–Crippen LogP) is 2.63. The number of aliphatic hydroxyl groups is 2. The van der Waals surface area contributed by atoms with Gasteiger partial charge in [0.15, 0.2) is 5.79 Å². The van der Waals surface area contributed by atoms with Gasteiger partial charge in [-0.15, -0.1) is 4.52 Å². The van der Waals surface area contributed by atoms with Crippen LogP contribution in [0.15, 0.2) is 47.5 Å². The van der Waals surface area contributed by atoms with Crippen molar-refractivity contribution < 1.29 is 38.7 Å². The Morgan fingerprint density at radius 2 is 1.88 bits per heavy atom. The Kier molecular flexibility index (Phi) is 13.0. The zero-order valence-corrected chi connectivity index (χ0v) is 24.4. The number of fused-ring (bicyclic) bond motifs is 1. The Morgan fingerprint density at radius 3 is 2.45 bits per heavy atom. The number of nitrogens with zero attached hydrogens (tertiary/aromatic N) is 2. The number of aromatic hydroxyl groups is 1. The molecule has 2 aliphatic rings. The lowest BCUT2D eigenvalue weighted by atomic mass is 10.1. The van der Waals surface area contributed by atoms with Crippen LogP contribution in [0.1, 0.15) is 65.0 Å². The number of amidine groups is 1. The fourth-order valence-corrected chi connectivity index (χ4v) is 4.36. The number of carbonyl (C=O) groups excluding carboxylic acids is 1. The highest BCUT2D eigenvalue weighted by Crippen LogP contribution is 2.35. The summed E-state index contributed by atoms with van der Waals surface area (Å²) in [6, 6.07) is 11.9. The summed E-state index contributed by atoms with van der Waals surface area (Å²) in [5.74, 6) is -1.15. The lowest BCUT2D eigenvalue weighted by Gasteiger charge is -2.21. The minimum absolute atomic E-state index is 0.105. The number of aliphatic imine (C=N–C) groups is 1. The summed E-state index contributed by atoms with van der Waals surface area (Å²) in [5.41, 5.74) is 10.9. The molecular formula is C26H41N5O8P+. The molecule has 0 spiro atoms. The topological polar surface area (TPSA) is 190 Å². The maximum absolute atomic E-state index is 12.0. The van der Waals surface area contributed by atoms with Crippen molar-refractivity contribution in [1.29, 1.82) is 0 Å². The molecule has 7 N–H and O–H groups in total. The highest BCUT2D eigenvalue weighted by molar-refractivity contribution is 7.36. The molecule has 0 radical (unpaired) electrons. The molecular weight excluding hydrogens is 541 g/mol. The van der Waals surface area contributed by atoms with Gasteiger partial charge in [-0.25, -0.2) is 4.99 Å². The quantitative estimate of drug-likeness (QED) is 0.152.